The Kier molecular flexibility index (Phi) is 6.19. The van der Waals surface area contributed by atoms with Gasteiger partial charge in [-0.25, -0.2) is 4.98 Å². The summed E-state index contributed by atoms with van der Waals surface area (Å²) in [5.74, 6) is 0.967. The van der Waals surface area contributed by atoms with Crippen LogP contribution in [0, 0.1) is 5.92 Å². The Morgan fingerprint density at radius 1 is 1.58 bits per heavy atom. The summed E-state index contributed by atoms with van der Waals surface area (Å²) < 4.78 is 0.889. The Morgan fingerprint density at radius 3 is 2.84 bits per heavy atom. The van der Waals surface area contributed by atoms with Gasteiger partial charge < -0.3 is 11.1 Å². The minimum absolute atomic E-state index is 0. The first-order chi connectivity index (χ1) is 8.54. The number of nitrogens with zero attached hydrogens (tertiary/aromatic N) is 2. The van der Waals surface area contributed by atoms with Gasteiger partial charge in [-0.2, -0.15) is 0 Å². The Labute approximate surface area is 127 Å². The summed E-state index contributed by atoms with van der Waals surface area (Å²) in [5.41, 5.74) is 5.92. The fourth-order valence-electron chi connectivity index (χ4n) is 2.06. The molecule has 7 heteroatoms. The molecule has 0 bridgehead atoms. The van der Waals surface area contributed by atoms with Gasteiger partial charge in [0.15, 0.2) is 0 Å². The molecule has 2 heterocycles. The second-order valence-corrected chi connectivity index (χ2v) is 5.66. The predicted molar refractivity (Wildman–Crippen MR) is 81.4 cm³/mol. The molecule has 2 unspecified atom stereocenters. The lowest BCUT2D eigenvalue weighted by Gasteiger charge is -2.14. The smallest absolute Gasteiger partial charge is 0.239 e. The average Bonchev–Trinajstić information content (AvgIpc) is 2.61. The maximum absolute atomic E-state index is 11.8. The first-order valence-corrected chi connectivity index (χ1v) is 6.73. The lowest BCUT2D eigenvalue weighted by atomic mass is 10.1. The lowest BCUT2D eigenvalue weighted by Crippen LogP contribution is -2.33. The monoisotopic (exact) mass is 348 g/mol. The number of nitrogens with two attached hydrogens (primary N) is 1. The highest BCUT2D eigenvalue weighted by Crippen LogP contribution is 2.14. The maximum atomic E-state index is 11.8. The molecule has 1 aliphatic rings. The molecule has 5 nitrogen and oxygen atoms in total. The molecule has 3 N–H and O–H groups in total. The Hall–Kier alpha value is -0.690. The zero-order valence-electron chi connectivity index (χ0n) is 10.7. The van der Waals surface area contributed by atoms with Crippen molar-refractivity contribution >= 4 is 40.1 Å². The molecular formula is C12H18BrClN4O. The topological polar surface area (TPSA) is 71.2 Å². The van der Waals surface area contributed by atoms with Gasteiger partial charge in [-0.05, 0) is 34.0 Å². The van der Waals surface area contributed by atoms with Crippen LogP contribution in [0.3, 0.4) is 0 Å². The van der Waals surface area contributed by atoms with Crippen molar-refractivity contribution in [1.82, 2.24) is 9.88 Å². The third-order valence-corrected chi connectivity index (χ3v) is 3.58. The van der Waals surface area contributed by atoms with Crippen molar-refractivity contribution in [2.45, 2.75) is 13.0 Å². The van der Waals surface area contributed by atoms with E-state index in [9.17, 15) is 4.79 Å². The number of carbonyl (C=O) groups excluding carboxylic acids is 1. The van der Waals surface area contributed by atoms with Crippen LogP contribution in [-0.2, 0) is 4.79 Å². The molecule has 2 rings (SSSR count). The summed E-state index contributed by atoms with van der Waals surface area (Å²) >= 11 is 3.30. The first kappa shape index (κ1) is 16.4. The highest BCUT2D eigenvalue weighted by molar-refractivity contribution is 9.10. The molecule has 106 valence electrons. The van der Waals surface area contributed by atoms with Gasteiger partial charge in [0.25, 0.3) is 0 Å². The number of hydrogen-bond acceptors (Lipinski definition) is 4. The molecule has 19 heavy (non-hydrogen) atoms. The van der Waals surface area contributed by atoms with Crippen molar-refractivity contribution in [3.05, 3.63) is 22.8 Å². The zero-order chi connectivity index (χ0) is 13.1. The minimum Gasteiger partial charge on any atom is -0.326 e. The largest absolute Gasteiger partial charge is 0.326 e. The Balaban J connectivity index is 0.00000180. The van der Waals surface area contributed by atoms with Crippen LogP contribution in [0.1, 0.15) is 6.92 Å². The summed E-state index contributed by atoms with van der Waals surface area (Å²) in [6.45, 7) is 4.14. The summed E-state index contributed by atoms with van der Waals surface area (Å²) in [5, 5.41) is 2.77. The van der Waals surface area contributed by atoms with E-state index in [1.54, 1.807) is 12.3 Å². The van der Waals surface area contributed by atoms with Crippen molar-refractivity contribution in [3.8, 4) is 0 Å². The van der Waals surface area contributed by atoms with E-state index in [4.69, 9.17) is 5.73 Å². The number of anilines is 1. The van der Waals surface area contributed by atoms with E-state index in [1.165, 1.54) is 0 Å². The molecule has 0 aromatic carbocycles. The van der Waals surface area contributed by atoms with Crippen LogP contribution in [0.4, 0.5) is 5.82 Å². The number of amides is 1. The summed E-state index contributed by atoms with van der Waals surface area (Å²) in [6, 6.07) is 3.78. The van der Waals surface area contributed by atoms with Gasteiger partial charge in [-0.15, -0.1) is 12.4 Å². The molecule has 0 aliphatic carbocycles. The summed E-state index contributed by atoms with van der Waals surface area (Å²) in [7, 11) is 0. The molecule has 1 aliphatic heterocycles. The van der Waals surface area contributed by atoms with Gasteiger partial charge in [-0.1, -0.05) is 6.92 Å². The van der Waals surface area contributed by atoms with Gasteiger partial charge in [0.1, 0.15) is 5.82 Å². The standard InChI is InChI=1S/C12H17BrN4O.ClH/c1-8-5-17(6-10(8)14)7-12(18)16-11-3-2-9(13)4-15-11;/h2-4,8,10H,5-7,14H2,1H3,(H,15,16,18);1H. The minimum atomic E-state index is -0.0499. The molecular weight excluding hydrogens is 332 g/mol. The predicted octanol–water partition coefficient (Wildman–Crippen LogP) is 1.48. The van der Waals surface area contributed by atoms with Crippen LogP contribution in [-0.4, -0.2) is 41.5 Å². The quantitative estimate of drug-likeness (QED) is 0.867. The third-order valence-electron chi connectivity index (χ3n) is 3.11. The molecule has 0 spiro atoms. The van der Waals surface area contributed by atoms with Crippen LogP contribution >= 0.6 is 28.3 Å². The van der Waals surface area contributed by atoms with Crippen LogP contribution in [0.2, 0.25) is 0 Å². The number of aromatic nitrogens is 1. The number of carbonyl (C=O) groups is 1. The van der Waals surface area contributed by atoms with Gasteiger partial charge in [0.2, 0.25) is 5.91 Å². The molecule has 1 aromatic heterocycles. The van der Waals surface area contributed by atoms with Crippen molar-refractivity contribution in [2.75, 3.05) is 25.0 Å². The van der Waals surface area contributed by atoms with Crippen molar-refractivity contribution in [2.24, 2.45) is 11.7 Å². The second-order valence-electron chi connectivity index (χ2n) is 4.75. The van der Waals surface area contributed by atoms with Crippen LogP contribution in [0.25, 0.3) is 0 Å². The van der Waals surface area contributed by atoms with E-state index in [-0.39, 0.29) is 24.4 Å². The van der Waals surface area contributed by atoms with Gasteiger partial charge in [0.05, 0.1) is 6.54 Å². The molecule has 1 fully saturated rings. The number of halogens is 2. The van der Waals surface area contributed by atoms with E-state index < -0.39 is 0 Å². The first-order valence-electron chi connectivity index (χ1n) is 5.94. The van der Waals surface area contributed by atoms with Crippen molar-refractivity contribution in [3.63, 3.8) is 0 Å². The summed E-state index contributed by atoms with van der Waals surface area (Å²) in [4.78, 5) is 18.0. The fourth-order valence-corrected chi connectivity index (χ4v) is 2.29. The number of rotatable bonds is 3. The number of pyridine rings is 1. The number of likely N-dealkylation sites (tertiary alicyclic amines) is 1. The Morgan fingerprint density at radius 2 is 2.32 bits per heavy atom. The van der Waals surface area contributed by atoms with E-state index in [0.717, 1.165) is 17.6 Å². The third kappa shape index (κ3) is 4.72. The van der Waals surface area contributed by atoms with Gasteiger partial charge in [-0.3, -0.25) is 9.69 Å². The highest BCUT2D eigenvalue weighted by atomic mass is 79.9. The van der Waals surface area contributed by atoms with E-state index >= 15 is 0 Å². The van der Waals surface area contributed by atoms with E-state index in [1.807, 2.05) is 6.07 Å². The van der Waals surface area contributed by atoms with Crippen LogP contribution in [0.15, 0.2) is 22.8 Å². The van der Waals surface area contributed by atoms with E-state index in [0.29, 0.717) is 18.3 Å². The fraction of sp³-hybridized carbons (Fsp3) is 0.500. The summed E-state index contributed by atoms with van der Waals surface area (Å²) in [6.07, 6.45) is 1.66. The van der Waals surface area contributed by atoms with Crippen LogP contribution < -0.4 is 11.1 Å². The Bertz CT molecular complexity index is 418. The number of hydrogen-bond donors (Lipinski definition) is 2. The van der Waals surface area contributed by atoms with Crippen molar-refractivity contribution in [1.29, 1.82) is 0 Å². The lowest BCUT2D eigenvalue weighted by molar-refractivity contribution is -0.117. The van der Waals surface area contributed by atoms with Gasteiger partial charge in [0, 0.05) is 29.8 Å². The van der Waals surface area contributed by atoms with Crippen molar-refractivity contribution < 1.29 is 4.79 Å². The highest BCUT2D eigenvalue weighted by Gasteiger charge is 2.27. The molecule has 2 atom stereocenters. The second kappa shape index (κ2) is 7.19. The molecule has 0 radical (unpaired) electrons. The SMILES string of the molecule is CC1CN(CC(=O)Nc2ccc(Br)cn2)CC1N.Cl. The normalized spacial score (nSPS) is 22.9. The maximum Gasteiger partial charge on any atom is 0.239 e. The zero-order valence-corrected chi connectivity index (χ0v) is 13.1. The van der Waals surface area contributed by atoms with E-state index in [2.05, 4.69) is 38.1 Å². The average molecular weight is 350 g/mol. The molecule has 1 saturated heterocycles. The molecule has 0 saturated carbocycles. The van der Waals surface area contributed by atoms with Gasteiger partial charge >= 0.3 is 0 Å². The molecule has 1 amide bonds. The van der Waals surface area contributed by atoms with Crippen LogP contribution in [0.5, 0.6) is 0 Å². The number of nitrogens with one attached hydrogen (secondary N) is 1. The molecule has 1 aromatic rings.